The van der Waals surface area contributed by atoms with Crippen molar-refractivity contribution in [2.75, 3.05) is 19.8 Å². The number of hydrogen-bond acceptors (Lipinski definition) is 16. The number of fused-ring (bicyclic) bond motifs is 1. The number of aliphatic hydroxyl groups is 3. The molecule has 0 amide bonds. The molecular weight excluding hydrogens is 1300 g/mol. The summed E-state index contributed by atoms with van der Waals surface area (Å²) >= 11 is 0. The van der Waals surface area contributed by atoms with E-state index in [1.807, 2.05) is 102 Å². The smallest absolute Gasteiger partial charge is 0.421 e. The molecule has 12 aliphatic rings. The van der Waals surface area contributed by atoms with Gasteiger partial charge in [0.1, 0.15) is 36.3 Å². The second-order valence-corrected chi connectivity index (χ2v) is 34.9. The van der Waals surface area contributed by atoms with Crippen molar-refractivity contribution in [1.29, 1.82) is 0 Å². The van der Waals surface area contributed by atoms with Gasteiger partial charge < -0.3 is 53.6 Å². The lowest BCUT2D eigenvalue weighted by Crippen LogP contribution is -2.64. The Balaban J connectivity index is 0.000000172. The number of rotatable bonds is 18. The highest BCUT2D eigenvalue weighted by atomic mass is 19.4. The van der Waals surface area contributed by atoms with Crippen LogP contribution in [0.15, 0.2) is 48.5 Å². The molecule has 9 atom stereocenters. The van der Waals surface area contributed by atoms with Crippen LogP contribution in [0, 0.1) is 80.8 Å². The fourth-order valence-electron chi connectivity index (χ4n) is 17.2. The zero-order valence-corrected chi connectivity index (χ0v) is 64.5. The van der Waals surface area contributed by atoms with Crippen molar-refractivity contribution in [3.05, 3.63) is 65.2 Å². The number of esters is 5. The second kappa shape index (κ2) is 32.9. The highest BCUT2D eigenvalue weighted by Gasteiger charge is 2.65. The normalized spacial score (nSPS) is 32.8. The van der Waals surface area contributed by atoms with Gasteiger partial charge in [0, 0.05) is 30.1 Å². The van der Waals surface area contributed by atoms with E-state index >= 15 is 0 Å². The average Bonchev–Trinajstić information content (AvgIpc) is 1.26. The number of hydrogen-bond donors (Lipinski definition) is 4. The summed E-state index contributed by atoms with van der Waals surface area (Å²) in [4.78, 5) is 60.4. The zero-order chi connectivity index (χ0) is 75.4. The van der Waals surface area contributed by atoms with Crippen molar-refractivity contribution in [3.63, 3.8) is 0 Å². The lowest BCUT2D eigenvalue weighted by Gasteiger charge is -2.62. The van der Waals surface area contributed by atoms with E-state index in [0.717, 1.165) is 75.7 Å². The van der Waals surface area contributed by atoms with Crippen molar-refractivity contribution in [2.45, 2.75) is 312 Å². The van der Waals surface area contributed by atoms with Gasteiger partial charge in [-0.25, -0.2) is 0 Å². The minimum absolute atomic E-state index is 0.0335. The monoisotopic (exact) mass is 1420 g/mol. The third-order valence-corrected chi connectivity index (χ3v) is 25.7. The Bertz CT molecular complexity index is 3010. The standard InChI is InChI=1S/C19H32O2.C16H26O4.C14H20O4.C13H17F3O.C10H18O4.C10H14O/c1-6-18(4,5)17(20)21-19(12(2)3)15-8-13-7-14(10-15)11-16(19)9-13;1-4-14(2,3)13(17)20-12-10-5-15(18)7-11(12)8-16(19,6-10)9-15;1-4-14(2,3)13(16)18-10-7-5-8-9(6-7)12(15)17-11(8)10;1-4-9(2)10-5-7-11(8-6-10)12(3,17)13(14,15)16;1-4-10(2,3)9(11)14-8-7-12-5-6-13-8;1-3-8(2)9-4-6-10(11)7-5-9/h12-16H,6-11H2,1-5H3;10-12,18-19H,4-9H2,1-3H3;7-11H,4-6H2,1-3H3;5-9,17H,4H2,1-3H3;8H,4-7H2,1-3H3;4-8,11H,3H2,1-2H3. The molecule has 10 aliphatic carbocycles. The maximum absolute atomic E-state index is 12.8. The van der Waals surface area contributed by atoms with E-state index in [9.17, 15) is 52.5 Å². The number of halogens is 3. The van der Waals surface area contributed by atoms with Gasteiger partial charge in [-0.05, 0) is 242 Å². The molecule has 101 heavy (non-hydrogen) atoms. The predicted octanol–water partition coefficient (Wildman–Crippen LogP) is 17.0. The summed E-state index contributed by atoms with van der Waals surface area (Å²) in [5, 5.41) is 39.5. The molecule has 4 N–H and O–H groups in total. The van der Waals surface area contributed by atoms with Gasteiger partial charge in [0.2, 0.25) is 6.29 Å². The number of carbonyl (C=O) groups excluding carboxylic acids is 5. The molecule has 0 aromatic heterocycles. The second-order valence-electron chi connectivity index (χ2n) is 34.9. The molecule has 9 unspecified atom stereocenters. The first kappa shape index (κ1) is 83.5. The number of alkyl halides is 3. The summed E-state index contributed by atoms with van der Waals surface area (Å²) in [7, 11) is 0. The number of phenolic OH excluding ortho intramolecular Hbond substituents is 1. The zero-order valence-electron chi connectivity index (χ0n) is 64.5. The molecule has 2 aromatic rings. The fourth-order valence-corrected chi connectivity index (χ4v) is 17.2. The average molecular weight is 1430 g/mol. The molecule has 19 heteroatoms. The Morgan fingerprint density at radius 3 is 1.40 bits per heavy atom. The van der Waals surface area contributed by atoms with E-state index in [-0.39, 0.29) is 82.5 Å². The van der Waals surface area contributed by atoms with Gasteiger partial charge in [0.15, 0.2) is 5.60 Å². The van der Waals surface area contributed by atoms with Gasteiger partial charge in [-0.2, -0.15) is 13.2 Å². The van der Waals surface area contributed by atoms with E-state index in [1.165, 1.54) is 49.8 Å². The summed E-state index contributed by atoms with van der Waals surface area (Å²) in [6.45, 7) is 38.5. The van der Waals surface area contributed by atoms with Crippen LogP contribution in [0.3, 0.4) is 0 Å². The topological polar surface area (TPSA) is 231 Å². The lowest BCUT2D eigenvalue weighted by molar-refractivity contribution is -0.258. The van der Waals surface area contributed by atoms with Gasteiger partial charge >= 0.3 is 36.0 Å². The van der Waals surface area contributed by atoms with Crippen LogP contribution in [0.5, 0.6) is 5.75 Å². The van der Waals surface area contributed by atoms with E-state index in [0.29, 0.717) is 99.1 Å². The largest absolute Gasteiger partial charge is 0.508 e. The van der Waals surface area contributed by atoms with Crippen LogP contribution in [0.2, 0.25) is 0 Å². The predicted molar refractivity (Wildman–Crippen MR) is 381 cm³/mol. The van der Waals surface area contributed by atoms with Crippen molar-refractivity contribution in [2.24, 2.45) is 80.8 Å². The first-order valence-corrected chi connectivity index (χ1v) is 38.3. The van der Waals surface area contributed by atoms with Crippen LogP contribution in [-0.2, 0) is 62.7 Å². The minimum Gasteiger partial charge on any atom is -0.508 e. The highest BCUT2D eigenvalue weighted by molar-refractivity contribution is 5.79. The van der Waals surface area contributed by atoms with Crippen molar-refractivity contribution in [1.82, 2.24) is 0 Å². The summed E-state index contributed by atoms with van der Waals surface area (Å²) in [5.74, 6) is 5.08. The van der Waals surface area contributed by atoms with Gasteiger partial charge in [-0.3, -0.25) is 24.0 Å². The SMILES string of the molecule is CCC(C)(C)C(=O)OC1(C(C)C)C2CC3CC(C2)CC1C3.CCC(C)(C)C(=O)OC1C2CC3(O)CC1CC(O)(C2)C3.CCC(C)(C)C(=O)OC1C2CC3C(=O)OC1C3C2.CCC(C)(C)C(=O)OC1COCCO1.CCC(C)c1ccc(C(C)(O)C(F)(F)F)cc1.CCC(C)c1ccc(O)cc1. The van der Waals surface area contributed by atoms with Crippen molar-refractivity contribution < 1.29 is 90.7 Å². The maximum Gasteiger partial charge on any atom is 0.421 e. The molecule has 0 radical (unpaired) electrons. The Hall–Kier alpha value is -4.82. The van der Waals surface area contributed by atoms with Crippen LogP contribution in [0.25, 0.3) is 0 Å². The van der Waals surface area contributed by atoms with Crippen LogP contribution in [-0.4, -0.2) is 118 Å². The molecule has 10 bridgehead atoms. The van der Waals surface area contributed by atoms with Crippen molar-refractivity contribution in [3.8, 4) is 5.75 Å². The number of benzene rings is 2. The van der Waals surface area contributed by atoms with Crippen LogP contribution in [0.1, 0.15) is 276 Å². The highest BCUT2D eigenvalue weighted by Crippen LogP contribution is 2.63. The Kier molecular flexibility index (Phi) is 27.2. The number of phenols is 1. The third-order valence-electron chi connectivity index (χ3n) is 25.7. The van der Waals surface area contributed by atoms with Gasteiger partial charge in [-0.1, -0.05) is 106 Å². The quantitative estimate of drug-likeness (QED) is 0.0803. The van der Waals surface area contributed by atoms with Gasteiger partial charge in [-0.15, -0.1) is 0 Å². The summed E-state index contributed by atoms with van der Waals surface area (Å²) in [6, 6.07) is 13.4. The van der Waals surface area contributed by atoms with Gasteiger partial charge in [0.25, 0.3) is 0 Å². The molecular formula is C82H127F3O16. The molecule has 2 aromatic carbocycles. The molecule has 12 fully saturated rings. The Morgan fingerprint density at radius 1 is 0.564 bits per heavy atom. The fraction of sp³-hybridized carbons (Fsp3) is 0.793. The molecule has 10 saturated carbocycles. The minimum atomic E-state index is -4.66. The molecule has 2 heterocycles. The third kappa shape index (κ3) is 19.3. The summed E-state index contributed by atoms with van der Waals surface area (Å²) < 4.78 is 76.5. The van der Waals surface area contributed by atoms with E-state index in [1.54, 1.807) is 24.3 Å². The first-order valence-electron chi connectivity index (χ1n) is 38.3. The maximum atomic E-state index is 12.8. The molecule has 14 rings (SSSR count). The van der Waals surface area contributed by atoms with E-state index in [4.69, 9.17) is 38.3 Å². The summed E-state index contributed by atoms with van der Waals surface area (Å²) in [6.07, 6.45) is 11.1. The Labute approximate surface area is 601 Å². The van der Waals surface area contributed by atoms with Crippen LogP contribution < -0.4 is 0 Å². The summed E-state index contributed by atoms with van der Waals surface area (Å²) in [5.41, 5.74) is -3.98. The van der Waals surface area contributed by atoms with Crippen LogP contribution >= 0.6 is 0 Å². The van der Waals surface area contributed by atoms with E-state index < -0.39 is 45.5 Å². The molecule has 16 nitrogen and oxygen atoms in total. The molecule has 2 saturated heterocycles. The number of carbonyl (C=O) groups is 5. The lowest BCUT2D eigenvalue weighted by atomic mass is 9.47. The Morgan fingerprint density at radius 2 is 0.990 bits per heavy atom. The molecule has 572 valence electrons. The van der Waals surface area contributed by atoms with Crippen LogP contribution in [0.4, 0.5) is 13.2 Å². The van der Waals surface area contributed by atoms with E-state index in [2.05, 4.69) is 34.6 Å². The van der Waals surface area contributed by atoms with Gasteiger partial charge in [0.05, 0.1) is 52.0 Å². The molecule has 2 aliphatic heterocycles. The first-order chi connectivity index (χ1) is 46.9. The van der Waals surface area contributed by atoms with Crippen molar-refractivity contribution >= 4 is 29.8 Å². The molecule has 0 spiro atoms. The number of aromatic hydroxyl groups is 1. The number of ether oxygens (including phenoxy) is 7.